The fraction of sp³-hybridized carbons (Fsp3) is 0.261. The summed E-state index contributed by atoms with van der Waals surface area (Å²) in [7, 11) is 0. The molecule has 2 aliphatic rings. The van der Waals surface area contributed by atoms with Crippen molar-refractivity contribution in [2.45, 2.75) is 36.9 Å². The van der Waals surface area contributed by atoms with E-state index in [-0.39, 0.29) is 23.9 Å². The first-order valence-electron chi connectivity index (χ1n) is 9.92. The largest absolute Gasteiger partial charge is 0.325 e. The van der Waals surface area contributed by atoms with Crippen LogP contribution in [-0.2, 0) is 17.6 Å². The number of carbonyl (C=O) groups is 1. The Morgan fingerprint density at radius 2 is 1.90 bits per heavy atom. The molecule has 0 saturated carbocycles. The lowest BCUT2D eigenvalue weighted by atomic mass is 10.0. The van der Waals surface area contributed by atoms with Crippen molar-refractivity contribution in [1.29, 1.82) is 0 Å². The maximum Gasteiger partial charge on any atom is 0.257 e. The van der Waals surface area contributed by atoms with Gasteiger partial charge in [0.05, 0.1) is 11.7 Å². The molecule has 3 aromatic rings. The molecular weight excluding hydrogens is 382 g/mol. The molecule has 0 saturated heterocycles. The molecule has 0 radical (unpaired) electrons. The topological polar surface area (TPSA) is 64.0 Å². The summed E-state index contributed by atoms with van der Waals surface area (Å²) in [6, 6.07) is 17.7. The Kier molecular flexibility index (Phi) is 4.72. The van der Waals surface area contributed by atoms with E-state index in [0.717, 1.165) is 52.5 Å². The summed E-state index contributed by atoms with van der Waals surface area (Å²) in [4.78, 5) is 30.5. The fourth-order valence-corrected chi connectivity index (χ4v) is 5.33. The van der Waals surface area contributed by atoms with Crippen LogP contribution in [-0.4, -0.2) is 21.2 Å². The Morgan fingerprint density at radius 3 is 2.76 bits per heavy atom. The highest BCUT2D eigenvalue weighted by Crippen LogP contribution is 2.34. The molecule has 2 heterocycles. The summed E-state index contributed by atoms with van der Waals surface area (Å²) >= 11 is 1.58. The number of nitrogens with zero attached hydrogens (tertiary/aromatic N) is 2. The first kappa shape index (κ1) is 18.2. The first-order chi connectivity index (χ1) is 14.2. The number of hydrogen-bond donors (Lipinski definition) is 1. The van der Waals surface area contributed by atoms with Gasteiger partial charge >= 0.3 is 0 Å². The molecule has 0 spiro atoms. The van der Waals surface area contributed by atoms with E-state index in [9.17, 15) is 9.59 Å². The van der Waals surface area contributed by atoms with E-state index in [4.69, 9.17) is 0 Å². The molecule has 146 valence electrons. The molecule has 1 aromatic heterocycles. The maximum absolute atomic E-state index is 12.9. The van der Waals surface area contributed by atoms with E-state index in [1.54, 1.807) is 16.3 Å². The molecule has 1 unspecified atom stereocenters. The third-order valence-electron chi connectivity index (χ3n) is 5.58. The number of hydrogen-bond acceptors (Lipinski definition) is 4. The second-order valence-corrected chi connectivity index (χ2v) is 8.46. The summed E-state index contributed by atoms with van der Waals surface area (Å²) < 4.78 is 1.75. The van der Waals surface area contributed by atoms with E-state index in [1.165, 1.54) is 0 Å². The molecule has 5 rings (SSSR count). The average Bonchev–Trinajstić information content (AvgIpc) is 3.37. The van der Waals surface area contributed by atoms with Gasteiger partial charge in [-0.3, -0.25) is 14.2 Å². The van der Waals surface area contributed by atoms with Crippen molar-refractivity contribution < 1.29 is 4.79 Å². The summed E-state index contributed by atoms with van der Waals surface area (Å²) in [6.45, 7) is 0. The van der Waals surface area contributed by atoms with Gasteiger partial charge in [-0.05, 0) is 30.9 Å². The van der Waals surface area contributed by atoms with Crippen LogP contribution in [0, 0.1) is 0 Å². The Hall–Kier alpha value is -2.86. The van der Waals surface area contributed by atoms with Crippen molar-refractivity contribution in [1.82, 2.24) is 9.55 Å². The third-order valence-corrected chi connectivity index (χ3v) is 6.68. The zero-order valence-electron chi connectivity index (χ0n) is 15.9. The highest BCUT2D eigenvalue weighted by Gasteiger charge is 2.31. The molecule has 5 nitrogen and oxygen atoms in total. The Balaban J connectivity index is 1.37. The molecule has 1 amide bonds. The lowest BCUT2D eigenvalue weighted by molar-refractivity contribution is -0.116. The van der Waals surface area contributed by atoms with Gasteiger partial charge < -0.3 is 5.32 Å². The predicted molar refractivity (Wildman–Crippen MR) is 115 cm³/mol. The standard InChI is InChI=1S/C23H21N3O2S/c27-21(24-19-11-5-4-9-17(19)15-7-2-1-3-8-15)13-16-14-29-23-25-20-12-6-10-18(20)22(28)26(16)23/h1-5,7-9,11,16H,6,10,12-14H2,(H,24,27). The van der Waals surface area contributed by atoms with Gasteiger partial charge in [0.15, 0.2) is 5.16 Å². The number of amides is 1. The van der Waals surface area contributed by atoms with Crippen LogP contribution in [0.15, 0.2) is 64.5 Å². The number of nitrogens with one attached hydrogen (secondary N) is 1. The van der Waals surface area contributed by atoms with Crippen LogP contribution in [0.3, 0.4) is 0 Å². The van der Waals surface area contributed by atoms with Gasteiger partial charge in [-0.2, -0.15) is 0 Å². The van der Waals surface area contributed by atoms with Gasteiger partial charge in [-0.25, -0.2) is 4.98 Å². The van der Waals surface area contributed by atoms with E-state index < -0.39 is 0 Å². The average molecular weight is 404 g/mol. The molecule has 1 aliphatic heterocycles. The number of benzene rings is 2. The normalized spacial score (nSPS) is 17.0. The quantitative estimate of drug-likeness (QED) is 0.667. The molecule has 29 heavy (non-hydrogen) atoms. The monoisotopic (exact) mass is 403 g/mol. The number of thioether (sulfide) groups is 1. The molecule has 6 heteroatoms. The van der Waals surface area contributed by atoms with Gasteiger partial charge in [-0.1, -0.05) is 60.3 Å². The summed E-state index contributed by atoms with van der Waals surface area (Å²) in [5, 5.41) is 3.82. The fourth-order valence-electron chi connectivity index (χ4n) is 4.18. The number of aromatic nitrogens is 2. The van der Waals surface area contributed by atoms with Crippen LogP contribution < -0.4 is 10.9 Å². The van der Waals surface area contributed by atoms with Gasteiger partial charge in [-0.15, -0.1) is 0 Å². The molecule has 1 N–H and O–H groups in total. The highest BCUT2D eigenvalue weighted by atomic mass is 32.2. The van der Waals surface area contributed by atoms with Crippen molar-refractivity contribution in [2.24, 2.45) is 0 Å². The highest BCUT2D eigenvalue weighted by molar-refractivity contribution is 7.99. The Morgan fingerprint density at radius 1 is 1.10 bits per heavy atom. The predicted octanol–water partition coefficient (Wildman–Crippen LogP) is 4.07. The SMILES string of the molecule is O=C(CC1CSc2nc3c(c(=O)n21)CCC3)Nc1ccccc1-c1ccccc1. The maximum atomic E-state index is 12.9. The van der Waals surface area contributed by atoms with Gasteiger partial charge in [0.2, 0.25) is 5.91 Å². The molecule has 0 bridgehead atoms. The van der Waals surface area contributed by atoms with Crippen LogP contribution in [0.25, 0.3) is 11.1 Å². The van der Waals surface area contributed by atoms with Gasteiger partial charge in [0.1, 0.15) is 0 Å². The van der Waals surface area contributed by atoms with Crippen molar-refractivity contribution in [3.05, 3.63) is 76.2 Å². The van der Waals surface area contributed by atoms with Gasteiger partial charge in [0.25, 0.3) is 5.56 Å². The first-order valence-corrected chi connectivity index (χ1v) is 10.9. The Labute approximate surface area is 173 Å². The van der Waals surface area contributed by atoms with Crippen LogP contribution in [0.1, 0.15) is 30.1 Å². The van der Waals surface area contributed by atoms with Crippen molar-refractivity contribution >= 4 is 23.4 Å². The van der Waals surface area contributed by atoms with E-state index >= 15 is 0 Å². The van der Waals surface area contributed by atoms with Crippen LogP contribution in [0.5, 0.6) is 0 Å². The minimum Gasteiger partial charge on any atom is -0.325 e. The second kappa shape index (κ2) is 7.52. The smallest absolute Gasteiger partial charge is 0.257 e. The lowest BCUT2D eigenvalue weighted by Gasteiger charge is -2.16. The van der Waals surface area contributed by atoms with Gasteiger partial charge in [0, 0.05) is 29.0 Å². The number of anilines is 1. The van der Waals surface area contributed by atoms with E-state index in [0.29, 0.717) is 5.75 Å². The summed E-state index contributed by atoms with van der Waals surface area (Å²) in [5.41, 5.74) is 4.68. The zero-order chi connectivity index (χ0) is 19.8. The van der Waals surface area contributed by atoms with Crippen molar-refractivity contribution in [3.63, 3.8) is 0 Å². The molecule has 1 atom stereocenters. The summed E-state index contributed by atoms with van der Waals surface area (Å²) in [5.74, 6) is 0.623. The van der Waals surface area contributed by atoms with Crippen LogP contribution in [0.4, 0.5) is 5.69 Å². The number of para-hydroxylation sites is 1. The molecular formula is C23H21N3O2S. The van der Waals surface area contributed by atoms with E-state index in [2.05, 4.69) is 10.3 Å². The molecule has 0 fully saturated rings. The lowest BCUT2D eigenvalue weighted by Crippen LogP contribution is -2.30. The van der Waals surface area contributed by atoms with Crippen molar-refractivity contribution in [2.75, 3.05) is 11.1 Å². The minimum absolute atomic E-state index is 0.0509. The number of aryl methyl sites for hydroxylation is 1. The number of carbonyl (C=O) groups excluding carboxylic acids is 1. The second-order valence-electron chi connectivity index (χ2n) is 7.48. The minimum atomic E-state index is -0.148. The number of fused-ring (bicyclic) bond motifs is 2. The summed E-state index contributed by atoms with van der Waals surface area (Å²) in [6.07, 6.45) is 2.95. The molecule has 1 aliphatic carbocycles. The van der Waals surface area contributed by atoms with Crippen LogP contribution in [0.2, 0.25) is 0 Å². The zero-order valence-corrected chi connectivity index (χ0v) is 16.7. The number of rotatable bonds is 4. The van der Waals surface area contributed by atoms with Crippen LogP contribution >= 0.6 is 11.8 Å². The van der Waals surface area contributed by atoms with E-state index in [1.807, 2.05) is 54.6 Å². The third kappa shape index (κ3) is 3.38. The van der Waals surface area contributed by atoms with Crippen molar-refractivity contribution in [3.8, 4) is 11.1 Å². The molecule has 2 aromatic carbocycles. The Bertz CT molecular complexity index is 1140.